The first-order valence-corrected chi connectivity index (χ1v) is 9.34. The van der Waals surface area contributed by atoms with Gasteiger partial charge >= 0.3 is 0 Å². The summed E-state index contributed by atoms with van der Waals surface area (Å²) in [5, 5.41) is 0.734. The van der Waals surface area contributed by atoms with Crippen molar-refractivity contribution in [3.63, 3.8) is 0 Å². The predicted octanol–water partition coefficient (Wildman–Crippen LogP) is 2.55. The molecule has 0 radical (unpaired) electrons. The summed E-state index contributed by atoms with van der Waals surface area (Å²) in [6.07, 6.45) is 0.352. The van der Waals surface area contributed by atoms with Crippen LogP contribution in [0.15, 0.2) is 18.2 Å². The van der Waals surface area contributed by atoms with Gasteiger partial charge in [0, 0.05) is 55.9 Å². The Bertz CT molecular complexity index is 669. The molecule has 1 aromatic carbocycles. The van der Waals surface area contributed by atoms with Crippen molar-refractivity contribution >= 4 is 29.1 Å². The minimum atomic E-state index is -0.186. The Labute approximate surface area is 154 Å². The van der Waals surface area contributed by atoms with Crippen molar-refractivity contribution in [3.05, 3.63) is 28.8 Å². The molecule has 0 saturated carbocycles. The Hall–Kier alpha value is -1.75. The molecule has 0 aliphatic carbocycles. The number of likely N-dealkylation sites (tertiary alicyclic amines) is 1. The van der Waals surface area contributed by atoms with Crippen molar-refractivity contribution in [1.29, 1.82) is 0 Å². The van der Waals surface area contributed by atoms with E-state index in [0.717, 1.165) is 23.8 Å². The second-order valence-electron chi connectivity index (χ2n) is 7.28. The number of carbonyl (C=O) groups excluding carboxylic acids is 2. The standard InChI is InChI=1S/C19H26ClN3O2/c1-13(2)23-12-15(10-18(23)24)19(25)22-8-6-21(7-9-22)17-11-16(20)5-4-14(17)3/h4-5,11,13,15H,6-10,12H2,1-3H3. The van der Waals surface area contributed by atoms with E-state index in [1.807, 2.05) is 41.8 Å². The van der Waals surface area contributed by atoms with Crippen molar-refractivity contribution in [2.75, 3.05) is 37.6 Å². The van der Waals surface area contributed by atoms with Gasteiger partial charge < -0.3 is 14.7 Å². The summed E-state index contributed by atoms with van der Waals surface area (Å²) < 4.78 is 0. The van der Waals surface area contributed by atoms with Gasteiger partial charge in [-0.15, -0.1) is 0 Å². The summed E-state index contributed by atoms with van der Waals surface area (Å²) in [5.41, 5.74) is 2.33. The van der Waals surface area contributed by atoms with E-state index in [0.29, 0.717) is 26.1 Å². The average Bonchev–Trinajstić information content (AvgIpc) is 2.98. The molecule has 6 heteroatoms. The van der Waals surface area contributed by atoms with Gasteiger partial charge in [-0.1, -0.05) is 17.7 Å². The largest absolute Gasteiger partial charge is 0.368 e. The normalized spacial score (nSPS) is 21.4. The Morgan fingerprint density at radius 3 is 2.48 bits per heavy atom. The lowest BCUT2D eigenvalue weighted by atomic mass is 10.1. The van der Waals surface area contributed by atoms with Crippen LogP contribution >= 0.6 is 11.6 Å². The van der Waals surface area contributed by atoms with Gasteiger partial charge in [0.25, 0.3) is 0 Å². The van der Waals surface area contributed by atoms with Crippen molar-refractivity contribution in [1.82, 2.24) is 9.80 Å². The van der Waals surface area contributed by atoms with Gasteiger partial charge in [0.2, 0.25) is 11.8 Å². The zero-order valence-electron chi connectivity index (χ0n) is 15.2. The zero-order chi connectivity index (χ0) is 18.1. The van der Waals surface area contributed by atoms with Gasteiger partial charge in [0.1, 0.15) is 0 Å². The molecule has 1 aromatic rings. The van der Waals surface area contributed by atoms with Gasteiger partial charge in [-0.25, -0.2) is 0 Å². The smallest absolute Gasteiger partial charge is 0.228 e. The fraction of sp³-hybridized carbons (Fsp3) is 0.579. The van der Waals surface area contributed by atoms with Crippen molar-refractivity contribution in [2.24, 2.45) is 5.92 Å². The molecule has 0 spiro atoms. The van der Waals surface area contributed by atoms with E-state index in [2.05, 4.69) is 11.8 Å². The SMILES string of the molecule is Cc1ccc(Cl)cc1N1CCN(C(=O)C2CC(=O)N(C(C)C)C2)CC1. The van der Waals surface area contributed by atoms with Crippen LogP contribution in [0.2, 0.25) is 5.02 Å². The van der Waals surface area contributed by atoms with Gasteiger partial charge in [-0.05, 0) is 38.5 Å². The number of halogens is 1. The monoisotopic (exact) mass is 363 g/mol. The number of nitrogens with zero attached hydrogens (tertiary/aromatic N) is 3. The van der Waals surface area contributed by atoms with Crippen LogP contribution in [0.4, 0.5) is 5.69 Å². The third kappa shape index (κ3) is 3.76. The highest BCUT2D eigenvalue weighted by Gasteiger charge is 2.38. The number of anilines is 1. The molecule has 5 nitrogen and oxygen atoms in total. The number of aryl methyl sites for hydroxylation is 1. The number of rotatable bonds is 3. The third-order valence-corrected chi connectivity index (χ3v) is 5.47. The number of benzene rings is 1. The van der Waals surface area contributed by atoms with Crippen LogP contribution in [0.5, 0.6) is 0 Å². The first-order valence-electron chi connectivity index (χ1n) is 8.96. The van der Waals surface area contributed by atoms with Crippen LogP contribution in [0.3, 0.4) is 0 Å². The lowest BCUT2D eigenvalue weighted by molar-refractivity contribution is -0.136. The number of amides is 2. The lowest BCUT2D eigenvalue weighted by Gasteiger charge is -2.37. The maximum absolute atomic E-state index is 12.8. The molecule has 136 valence electrons. The highest BCUT2D eigenvalue weighted by atomic mass is 35.5. The van der Waals surface area contributed by atoms with E-state index in [1.165, 1.54) is 5.56 Å². The summed E-state index contributed by atoms with van der Waals surface area (Å²) >= 11 is 6.13. The molecule has 2 amide bonds. The van der Waals surface area contributed by atoms with Crippen molar-refractivity contribution in [3.8, 4) is 0 Å². The second-order valence-corrected chi connectivity index (χ2v) is 7.72. The van der Waals surface area contributed by atoms with Crippen LogP contribution in [-0.2, 0) is 9.59 Å². The van der Waals surface area contributed by atoms with Gasteiger partial charge in [-0.3, -0.25) is 9.59 Å². The fourth-order valence-electron chi connectivity index (χ4n) is 3.75. The summed E-state index contributed by atoms with van der Waals surface area (Å²) in [7, 11) is 0. The highest BCUT2D eigenvalue weighted by Crippen LogP contribution is 2.27. The average molecular weight is 364 g/mol. The number of piperazine rings is 1. The first kappa shape index (κ1) is 18.1. The predicted molar refractivity (Wildman–Crippen MR) is 99.9 cm³/mol. The number of hydrogen-bond acceptors (Lipinski definition) is 3. The maximum atomic E-state index is 12.8. The van der Waals surface area contributed by atoms with Gasteiger partial charge in [0.15, 0.2) is 0 Å². The second kappa shape index (κ2) is 7.24. The van der Waals surface area contributed by atoms with Crippen molar-refractivity contribution < 1.29 is 9.59 Å². The van der Waals surface area contributed by atoms with Gasteiger partial charge in [0.05, 0.1) is 5.92 Å². The summed E-state index contributed by atoms with van der Waals surface area (Å²) in [6.45, 7) is 9.60. The van der Waals surface area contributed by atoms with E-state index in [1.54, 1.807) is 0 Å². The van der Waals surface area contributed by atoms with Gasteiger partial charge in [-0.2, -0.15) is 0 Å². The fourth-order valence-corrected chi connectivity index (χ4v) is 3.91. The molecular formula is C19H26ClN3O2. The van der Waals surface area contributed by atoms with Crippen LogP contribution in [0, 0.1) is 12.8 Å². The Morgan fingerprint density at radius 2 is 1.88 bits per heavy atom. The quantitative estimate of drug-likeness (QED) is 0.829. The molecule has 2 fully saturated rings. The third-order valence-electron chi connectivity index (χ3n) is 5.23. The molecule has 2 aliphatic rings. The van der Waals surface area contributed by atoms with Crippen LogP contribution < -0.4 is 4.90 Å². The molecule has 2 aliphatic heterocycles. The lowest BCUT2D eigenvalue weighted by Crippen LogP contribution is -2.51. The molecule has 0 aromatic heterocycles. The highest BCUT2D eigenvalue weighted by molar-refractivity contribution is 6.30. The van der Waals surface area contributed by atoms with Crippen LogP contribution in [-0.4, -0.2) is 60.4 Å². The van der Waals surface area contributed by atoms with Crippen LogP contribution in [0.1, 0.15) is 25.8 Å². The van der Waals surface area contributed by atoms with E-state index in [4.69, 9.17) is 11.6 Å². The number of hydrogen-bond donors (Lipinski definition) is 0. The molecule has 1 unspecified atom stereocenters. The van der Waals surface area contributed by atoms with E-state index < -0.39 is 0 Å². The summed E-state index contributed by atoms with van der Waals surface area (Å²) in [6, 6.07) is 6.08. The topological polar surface area (TPSA) is 43.9 Å². The minimum absolute atomic E-state index is 0.0986. The van der Waals surface area contributed by atoms with E-state index >= 15 is 0 Å². The first-order chi connectivity index (χ1) is 11.9. The molecule has 2 heterocycles. The molecule has 25 heavy (non-hydrogen) atoms. The summed E-state index contributed by atoms with van der Waals surface area (Å²) in [4.78, 5) is 30.9. The molecule has 0 bridgehead atoms. The Kier molecular flexibility index (Phi) is 5.23. The number of carbonyl (C=O) groups is 2. The molecule has 1 atom stereocenters. The molecule has 0 N–H and O–H groups in total. The summed E-state index contributed by atoms with van der Waals surface area (Å²) in [5.74, 6) is 0.0369. The van der Waals surface area contributed by atoms with Crippen LogP contribution in [0.25, 0.3) is 0 Å². The molecule has 3 rings (SSSR count). The minimum Gasteiger partial charge on any atom is -0.368 e. The van der Waals surface area contributed by atoms with Crippen molar-refractivity contribution in [2.45, 2.75) is 33.2 Å². The molecular weight excluding hydrogens is 338 g/mol. The maximum Gasteiger partial charge on any atom is 0.228 e. The Morgan fingerprint density at radius 1 is 1.20 bits per heavy atom. The molecule has 2 saturated heterocycles. The van der Waals surface area contributed by atoms with E-state index in [9.17, 15) is 9.59 Å². The Balaban J connectivity index is 1.60. The zero-order valence-corrected chi connectivity index (χ0v) is 15.9. The van der Waals surface area contributed by atoms with E-state index in [-0.39, 0.29) is 23.8 Å².